The molecule has 0 aromatic carbocycles. The van der Waals surface area contributed by atoms with Gasteiger partial charge in [0.15, 0.2) is 5.78 Å². The third-order valence-corrected chi connectivity index (χ3v) is 3.22. The molecule has 1 heterocycles. The van der Waals surface area contributed by atoms with Gasteiger partial charge in [0.2, 0.25) is 0 Å². The molecule has 0 radical (unpaired) electrons. The fourth-order valence-corrected chi connectivity index (χ4v) is 2.19. The first-order valence-electron chi connectivity index (χ1n) is 6.72. The van der Waals surface area contributed by atoms with Gasteiger partial charge in [-0.2, -0.15) is 0 Å². The molecule has 4 heteroatoms. The molecule has 1 aliphatic carbocycles. The Kier molecular flexibility index (Phi) is 4.93. The second kappa shape index (κ2) is 6.89. The fourth-order valence-electron chi connectivity index (χ4n) is 2.19. The van der Waals surface area contributed by atoms with Crippen molar-refractivity contribution in [2.45, 2.75) is 32.6 Å². The average molecular weight is 274 g/mol. The van der Waals surface area contributed by atoms with Gasteiger partial charge >= 0.3 is 5.97 Å². The maximum absolute atomic E-state index is 11.3. The van der Waals surface area contributed by atoms with Crippen LogP contribution in [-0.2, 0) is 20.7 Å². The molecule has 0 atom stereocenters. The number of carbonyl (C=O) groups is 2. The number of hydrogen-bond acceptors (Lipinski definition) is 4. The highest BCUT2D eigenvalue weighted by atomic mass is 16.5. The normalized spacial score (nSPS) is 16.6. The van der Waals surface area contributed by atoms with Crippen LogP contribution in [-0.4, -0.2) is 18.4 Å². The van der Waals surface area contributed by atoms with Gasteiger partial charge in [-0.15, -0.1) is 0 Å². The van der Waals surface area contributed by atoms with Crippen LogP contribution in [0.5, 0.6) is 0 Å². The topological polar surface area (TPSA) is 56.5 Å². The molecule has 0 N–H and O–H groups in total. The summed E-state index contributed by atoms with van der Waals surface area (Å²) in [6.07, 6.45) is 8.01. The maximum atomic E-state index is 11.3. The molecule has 0 spiro atoms. The predicted molar refractivity (Wildman–Crippen MR) is 74.1 cm³/mol. The van der Waals surface area contributed by atoms with E-state index in [2.05, 4.69) is 0 Å². The number of carbonyl (C=O) groups excluding carboxylic acids is 2. The van der Waals surface area contributed by atoms with Crippen LogP contribution < -0.4 is 0 Å². The average Bonchev–Trinajstić information content (AvgIpc) is 3.04. The number of furan rings is 1. The van der Waals surface area contributed by atoms with E-state index in [-0.39, 0.29) is 18.4 Å². The highest BCUT2D eigenvalue weighted by Gasteiger charge is 2.14. The summed E-state index contributed by atoms with van der Waals surface area (Å²) in [6, 6.07) is 3.81. The number of rotatable bonds is 6. The number of hydrogen-bond donors (Lipinski definition) is 0. The Bertz CT molecular complexity index is 535. The molecule has 0 amide bonds. The third-order valence-electron chi connectivity index (χ3n) is 3.22. The molecule has 106 valence electrons. The van der Waals surface area contributed by atoms with E-state index in [4.69, 9.17) is 9.15 Å². The number of ketones is 1. The van der Waals surface area contributed by atoms with Crippen LogP contribution in [0.3, 0.4) is 0 Å². The standard InChI is InChI=1S/C16H18O4/c1-12(17)20-11-14(13-7-8-15(18)10-13)4-2-5-16-6-3-9-19-16/h3,6-9H,2,4-5,10-11H2,1H3/b14-13-. The van der Waals surface area contributed by atoms with Gasteiger partial charge in [0.1, 0.15) is 12.4 Å². The van der Waals surface area contributed by atoms with Crippen molar-refractivity contribution in [3.8, 4) is 0 Å². The molecule has 0 aliphatic heterocycles. The van der Waals surface area contributed by atoms with Crippen molar-refractivity contribution in [3.63, 3.8) is 0 Å². The molecule has 0 unspecified atom stereocenters. The molecule has 4 nitrogen and oxygen atoms in total. The summed E-state index contributed by atoms with van der Waals surface area (Å²) in [5.41, 5.74) is 2.00. The molecule has 0 fully saturated rings. The molecule has 0 saturated heterocycles. The lowest BCUT2D eigenvalue weighted by molar-refractivity contribution is -0.140. The lowest BCUT2D eigenvalue weighted by Crippen LogP contribution is -2.06. The van der Waals surface area contributed by atoms with Crippen LogP contribution >= 0.6 is 0 Å². The van der Waals surface area contributed by atoms with Crippen LogP contribution in [0.15, 0.2) is 46.1 Å². The van der Waals surface area contributed by atoms with E-state index < -0.39 is 0 Å². The first-order chi connectivity index (χ1) is 9.65. The van der Waals surface area contributed by atoms with E-state index >= 15 is 0 Å². The smallest absolute Gasteiger partial charge is 0.302 e. The first-order valence-corrected chi connectivity index (χ1v) is 6.72. The van der Waals surface area contributed by atoms with Crippen LogP contribution in [0.4, 0.5) is 0 Å². The predicted octanol–water partition coefficient (Wildman–Crippen LogP) is 2.99. The Morgan fingerprint density at radius 2 is 2.25 bits per heavy atom. The van der Waals surface area contributed by atoms with E-state index in [0.29, 0.717) is 6.42 Å². The molecule has 1 aliphatic rings. The molecule has 1 aromatic rings. The van der Waals surface area contributed by atoms with Crippen LogP contribution in [0.25, 0.3) is 0 Å². The maximum Gasteiger partial charge on any atom is 0.302 e. The highest BCUT2D eigenvalue weighted by Crippen LogP contribution is 2.22. The van der Waals surface area contributed by atoms with Crippen molar-refractivity contribution in [1.82, 2.24) is 0 Å². The highest BCUT2D eigenvalue weighted by molar-refractivity contribution is 5.95. The second-order valence-corrected chi connectivity index (χ2v) is 4.82. The summed E-state index contributed by atoms with van der Waals surface area (Å²) in [4.78, 5) is 22.3. The van der Waals surface area contributed by atoms with E-state index in [1.54, 1.807) is 12.3 Å². The molecular weight excluding hydrogens is 256 g/mol. The monoisotopic (exact) mass is 274 g/mol. The quantitative estimate of drug-likeness (QED) is 0.748. The van der Waals surface area contributed by atoms with Crippen molar-refractivity contribution in [1.29, 1.82) is 0 Å². The second-order valence-electron chi connectivity index (χ2n) is 4.82. The Balaban J connectivity index is 1.94. The van der Waals surface area contributed by atoms with Crippen LogP contribution in [0, 0.1) is 0 Å². The lowest BCUT2D eigenvalue weighted by atomic mass is 10.0. The summed E-state index contributed by atoms with van der Waals surface area (Å²) in [5.74, 6) is 0.744. The molecule has 1 aromatic heterocycles. The van der Waals surface area contributed by atoms with Gasteiger partial charge in [-0.05, 0) is 42.2 Å². The summed E-state index contributed by atoms with van der Waals surface area (Å²) in [5, 5.41) is 0. The zero-order valence-electron chi connectivity index (χ0n) is 11.6. The Morgan fingerprint density at radius 3 is 2.85 bits per heavy atom. The number of allylic oxidation sites excluding steroid dienone is 3. The van der Waals surface area contributed by atoms with E-state index in [9.17, 15) is 9.59 Å². The summed E-state index contributed by atoms with van der Waals surface area (Å²) in [6.45, 7) is 1.65. The Labute approximate surface area is 118 Å². The summed E-state index contributed by atoms with van der Waals surface area (Å²) >= 11 is 0. The summed E-state index contributed by atoms with van der Waals surface area (Å²) < 4.78 is 10.4. The van der Waals surface area contributed by atoms with Crippen molar-refractivity contribution in [3.05, 3.63) is 47.5 Å². The van der Waals surface area contributed by atoms with Gasteiger partial charge in [0.25, 0.3) is 0 Å². The molecular formula is C16H18O4. The number of esters is 1. The lowest BCUT2D eigenvalue weighted by Gasteiger charge is -2.10. The van der Waals surface area contributed by atoms with Gasteiger partial charge < -0.3 is 9.15 Å². The summed E-state index contributed by atoms with van der Waals surface area (Å²) in [7, 11) is 0. The molecule has 0 saturated carbocycles. The fraction of sp³-hybridized carbons (Fsp3) is 0.375. The minimum absolute atomic E-state index is 0.103. The zero-order valence-corrected chi connectivity index (χ0v) is 11.6. The first kappa shape index (κ1) is 14.3. The third kappa shape index (κ3) is 4.23. The van der Waals surface area contributed by atoms with Crippen molar-refractivity contribution in [2.75, 3.05) is 6.61 Å². The minimum Gasteiger partial charge on any atom is -0.469 e. The van der Waals surface area contributed by atoms with Gasteiger partial charge in [0.05, 0.1) is 6.26 Å². The molecule has 0 bridgehead atoms. The van der Waals surface area contributed by atoms with Crippen LogP contribution in [0.1, 0.15) is 31.9 Å². The zero-order chi connectivity index (χ0) is 14.4. The van der Waals surface area contributed by atoms with Gasteiger partial charge in [0, 0.05) is 19.8 Å². The largest absolute Gasteiger partial charge is 0.469 e. The van der Waals surface area contributed by atoms with Crippen molar-refractivity contribution < 1.29 is 18.7 Å². The van der Waals surface area contributed by atoms with E-state index in [1.807, 2.05) is 18.2 Å². The van der Waals surface area contributed by atoms with Gasteiger partial charge in [-0.3, -0.25) is 9.59 Å². The molecule has 20 heavy (non-hydrogen) atoms. The van der Waals surface area contributed by atoms with E-state index in [1.165, 1.54) is 6.92 Å². The number of ether oxygens (including phenoxy) is 1. The SMILES string of the molecule is CC(=O)OC/C(CCCc1ccco1)=C1/C=CC(=O)C1. The minimum atomic E-state index is -0.303. The van der Waals surface area contributed by atoms with Gasteiger partial charge in [-0.1, -0.05) is 6.08 Å². The van der Waals surface area contributed by atoms with Gasteiger partial charge in [-0.25, -0.2) is 0 Å². The Hall–Kier alpha value is -2.10. The van der Waals surface area contributed by atoms with Crippen molar-refractivity contribution >= 4 is 11.8 Å². The Morgan fingerprint density at radius 1 is 1.40 bits per heavy atom. The van der Waals surface area contributed by atoms with Crippen molar-refractivity contribution in [2.24, 2.45) is 0 Å². The van der Waals surface area contributed by atoms with E-state index in [0.717, 1.165) is 36.2 Å². The number of aryl methyl sites for hydroxylation is 1. The molecule has 2 rings (SSSR count). The van der Waals surface area contributed by atoms with Crippen LogP contribution in [0.2, 0.25) is 0 Å².